The number of alkyl halides is 1. The van der Waals surface area contributed by atoms with E-state index in [4.69, 9.17) is 16.3 Å². The topological polar surface area (TPSA) is 92.9 Å². The number of fused-ring (bicyclic) bond motifs is 1. The average Bonchev–Trinajstić information content (AvgIpc) is 3.34. The molecule has 0 atom stereocenters. The van der Waals surface area contributed by atoms with Gasteiger partial charge in [-0.2, -0.15) is 0 Å². The Morgan fingerprint density at radius 1 is 1.34 bits per heavy atom. The van der Waals surface area contributed by atoms with Gasteiger partial charge >= 0.3 is 0 Å². The summed E-state index contributed by atoms with van der Waals surface area (Å²) < 4.78 is 19.2. The summed E-state index contributed by atoms with van der Waals surface area (Å²) in [5, 5.41) is 12.5. The lowest BCUT2D eigenvalue weighted by atomic mass is 10.1. The van der Waals surface area contributed by atoms with Crippen LogP contribution in [0.2, 0.25) is 5.02 Å². The zero-order valence-electron chi connectivity index (χ0n) is 16.8. The van der Waals surface area contributed by atoms with Crippen LogP contribution in [0, 0.1) is 0 Å². The fourth-order valence-electron chi connectivity index (χ4n) is 3.11. The Kier molecular flexibility index (Phi) is 6.11. The van der Waals surface area contributed by atoms with E-state index < -0.39 is 6.67 Å². The SMILES string of the molecule is COc1cc(/C=c2\sc3nc(-c4ccc(C(=O)NCCF)cc4)cn3c2=O)cc(Cl)c1O. The molecule has 0 aliphatic heterocycles. The third kappa shape index (κ3) is 4.17. The van der Waals surface area contributed by atoms with Crippen LogP contribution in [0.3, 0.4) is 0 Å². The first kappa shape index (κ1) is 21.8. The first-order chi connectivity index (χ1) is 15.4. The Bertz CT molecular complexity index is 1420. The maximum absolute atomic E-state index is 12.8. The van der Waals surface area contributed by atoms with Crippen LogP contribution < -0.4 is 20.1 Å². The van der Waals surface area contributed by atoms with Gasteiger partial charge in [-0.3, -0.25) is 14.0 Å². The number of nitrogens with one attached hydrogen (secondary N) is 1. The van der Waals surface area contributed by atoms with E-state index in [-0.39, 0.29) is 34.5 Å². The molecular weight excluding hydrogens is 457 g/mol. The molecule has 164 valence electrons. The molecule has 0 saturated heterocycles. The first-order valence-corrected chi connectivity index (χ1v) is 10.7. The van der Waals surface area contributed by atoms with Crippen LogP contribution in [0.1, 0.15) is 15.9 Å². The number of benzene rings is 2. The number of hydrogen-bond acceptors (Lipinski definition) is 6. The van der Waals surface area contributed by atoms with Gasteiger partial charge < -0.3 is 15.2 Å². The highest BCUT2D eigenvalue weighted by atomic mass is 35.5. The maximum Gasteiger partial charge on any atom is 0.274 e. The van der Waals surface area contributed by atoms with Gasteiger partial charge in [0.1, 0.15) is 6.67 Å². The summed E-state index contributed by atoms with van der Waals surface area (Å²) in [5.74, 6) is -0.306. The number of methoxy groups -OCH3 is 1. The molecule has 2 aromatic carbocycles. The Hall–Kier alpha value is -3.43. The second-order valence-electron chi connectivity index (χ2n) is 6.77. The molecule has 2 N–H and O–H groups in total. The molecule has 0 aliphatic rings. The highest BCUT2D eigenvalue weighted by Gasteiger charge is 2.13. The number of phenols is 1. The van der Waals surface area contributed by atoms with Gasteiger partial charge in [0.25, 0.3) is 11.5 Å². The Morgan fingerprint density at radius 3 is 2.75 bits per heavy atom. The van der Waals surface area contributed by atoms with Gasteiger partial charge in [0.05, 0.1) is 22.4 Å². The number of carbonyl (C=O) groups is 1. The monoisotopic (exact) mass is 473 g/mol. The van der Waals surface area contributed by atoms with Crippen LogP contribution in [0.25, 0.3) is 22.3 Å². The van der Waals surface area contributed by atoms with Gasteiger partial charge in [-0.1, -0.05) is 35.1 Å². The fraction of sp³-hybridized carbons (Fsp3) is 0.136. The molecule has 7 nitrogen and oxygen atoms in total. The predicted octanol–water partition coefficient (Wildman–Crippen LogP) is 3.04. The van der Waals surface area contributed by atoms with Crippen molar-refractivity contribution in [2.75, 3.05) is 20.3 Å². The summed E-state index contributed by atoms with van der Waals surface area (Å²) in [6.45, 7) is -0.661. The predicted molar refractivity (Wildman–Crippen MR) is 122 cm³/mol. The zero-order valence-corrected chi connectivity index (χ0v) is 18.3. The minimum atomic E-state index is -0.626. The van der Waals surface area contributed by atoms with E-state index in [1.807, 2.05) is 0 Å². The minimum Gasteiger partial charge on any atom is -0.503 e. The van der Waals surface area contributed by atoms with Crippen molar-refractivity contribution in [2.24, 2.45) is 0 Å². The Labute approximate surface area is 190 Å². The van der Waals surface area contributed by atoms with E-state index in [1.165, 1.54) is 28.9 Å². The lowest BCUT2D eigenvalue weighted by molar-refractivity contribution is 0.0951. The number of thiazole rings is 1. The summed E-state index contributed by atoms with van der Waals surface area (Å²) in [4.78, 5) is 29.8. The maximum atomic E-state index is 12.8. The molecular formula is C22H17ClFN3O4S. The standard InChI is InChI=1S/C22H17ClFN3O4S/c1-31-17-9-12(8-15(23)19(17)28)10-18-21(30)27-11-16(26-22(27)32-18)13-2-4-14(5-3-13)20(29)25-7-6-24/h2-5,8-11,28H,6-7H2,1H3,(H,25,29)/b18-10-. The summed E-state index contributed by atoms with van der Waals surface area (Å²) in [7, 11) is 1.41. The molecule has 0 spiro atoms. The van der Waals surface area contributed by atoms with Gasteiger partial charge in [0.2, 0.25) is 0 Å². The van der Waals surface area contributed by atoms with Gasteiger partial charge in [-0.05, 0) is 35.9 Å². The number of phenolic OH excluding ortho intramolecular Hbond substituents is 1. The number of hydrogen-bond donors (Lipinski definition) is 2. The number of aromatic nitrogens is 2. The summed E-state index contributed by atoms with van der Waals surface area (Å²) in [5.41, 5.74) is 2.10. The van der Waals surface area contributed by atoms with Gasteiger partial charge in [-0.25, -0.2) is 9.37 Å². The quantitative estimate of drug-likeness (QED) is 0.449. The highest BCUT2D eigenvalue weighted by molar-refractivity contribution is 7.15. The number of halogens is 2. The summed E-state index contributed by atoms with van der Waals surface area (Å²) in [6.07, 6.45) is 3.29. The van der Waals surface area contributed by atoms with Crippen LogP contribution in [-0.2, 0) is 0 Å². The third-order valence-corrected chi connectivity index (χ3v) is 5.97. The van der Waals surface area contributed by atoms with Crippen molar-refractivity contribution in [2.45, 2.75) is 0 Å². The molecule has 0 unspecified atom stereocenters. The molecule has 2 aromatic heterocycles. The summed E-state index contributed by atoms with van der Waals surface area (Å²) >= 11 is 7.23. The third-order valence-electron chi connectivity index (χ3n) is 4.70. The van der Waals surface area contributed by atoms with E-state index in [0.29, 0.717) is 26.3 Å². The van der Waals surface area contributed by atoms with Crippen molar-refractivity contribution < 1.29 is 19.0 Å². The number of carbonyl (C=O) groups excluding carboxylic acids is 1. The number of ether oxygens (including phenoxy) is 1. The van der Waals surface area contributed by atoms with E-state index in [1.54, 1.807) is 42.6 Å². The van der Waals surface area contributed by atoms with Gasteiger partial charge in [0, 0.05) is 23.9 Å². The molecule has 0 radical (unpaired) electrons. The van der Waals surface area contributed by atoms with Crippen molar-refractivity contribution in [3.05, 3.63) is 73.6 Å². The smallest absolute Gasteiger partial charge is 0.274 e. The molecule has 0 bridgehead atoms. The van der Waals surface area contributed by atoms with Crippen molar-refractivity contribution >= 4 is 39.9 Å². The van der Waals surface area contributed by atoms with Crippen molar-refractivity contribution in [1.82, 2.24) is 14.7 Å². The van der Waals surface area contributed by atoms with Crippen LogP contribution in [0.4, 0.5) is 4.39 Å². The lowest BCUT2D eigenvalue weighted by Crippen LogP contribution is -2.25. The van der Waals surface area contributed by atoms with Crippen LogP contribution in [0.15, 0.2) is 47.4 Å². The molecule has 32 heavy (non-hydrogen) atoms. The number of amides is 1. The van der Waals surface area contributed by atoms with Gasteiger partial charge in [-0.15, -0.1) is 0 Å². The fourth-order valence-corrected chi connectivity index (χ4v) is 4.29. The molecule has 0 saturated carbocycles. The normalized spacial score (nSPS) is 11.8. The Balaban J connectivity index is 1.65. The number of aromatic hydroxyl groups is 1. The van der Waals surface area contributed by atoms with Crippen LogP contribution in [0.5, 0.6) is 11.5 Å². The highest BCUT2D eigenvalue weighted by Crippen LogP contribution is 2.35. The largest absolute Gasteiger partial charge is 0.503 e. The minimum absolute atomic E-state index is 0.0351. The van der Waals surface area contributed by atoms with Crippen molar-refractivity contribution in [3.63, 3.8) is 0 Å². The first-order valence-electron chi connectivity index (χ1n) is 9.46. The molecule has 10 heteroatoms. The van der Waals surface area contributed by atoms with E-state index >= 15 is 0 Å². The lowest BCUT2D eigenvalue weighted by Gasteiger charge is -2.05. The molecule has 1 amide bonds. The number of rotatable bonds is 6. The number of nitrogens with zero attached hydrogens (tertiary/aromatic N) is 2. The molecule has 4 aromatic rings. The van der Waals surface area contributed by atoms with Crippen LogP contribution >= 0.6 is 22.9 Å². The zero-order chi connectivity index (χ0) is 22.8. The van der Waals surface area contributed by atoms with E-state index in [9.17, 15) is 19.1 Å². The molecule has 0 aliphatic carbocycles. The number of imidazole rings is 1. The second-order valence-corrected chi connectivity index (χ2v) is 8.19. The average molecular weight is 474 g/mol. The Morgan fingerprint density at radius 2 is 2.09 bits per heavy atom. The van der Waals surface area contributed by atoms with Crippen LogP contribution in [-0.4, -0.2) is 40.7 Å². The van der Waals surface area contributed by atoms with E-state index in [2.05, 4.69) is 10.3 Å². The summed E-state index contributed by atoms with van der Waals surface area (Å²) in [6, 6.07) is 9.81. The van der Waals surface area contributed by atoms with Crippen molar-refractivity contribution in [3.8, 4) is 22.8 Å². The van der Waals surface area contributed by atoms with Gasteiger partial charge in [0.15, 0.2) is 16.5 Å². The second kappa shape index (κ2) is 8.97. The molecule has 0 fully saturated rings. The van der Waals surface area contributed by atoms with E-state index in [0.717, 1.165) is 5.56 Å². The molecule has 4 rings (SSSR count). The molecule has 2 heterocycles. The van der Waals surface area contributed by atoms with Crippen molar-refractivity contribution in [1.29, 1.82) is 0 Å².